The Morgan fingerprint density at radius 1 is 1.07 bits per heavy atom. The van der Waals surface area contributed by atoms with Crippen LogP contribution in [0.3, 0.4) is 0 Å². The van der Waals surface area contributed by atoms with Crippen LogP contribution in [0.25, 0.3) is 32.9 Å². The third-order valence-corrected chi connectivity index (χ3v) is 9.98. The molecule has 2 saturated heterocycles. The second-order valence-corrected chi connectivity index (χ2v) is 13.5. The van der Waals surface area contributed by atoms with Crippen LogP contribution in [0.4, 0.5) is 14.6 Å². The third-order valence-electron chi connectivity index (χ3n) is 9.98. The Labute approximate surface area is 263 Å². The van der Waals surface area contributed by atoms with E-state index in [-0.39, 0.29) is 34.2 Å². The molecular formula is C35H42F2N6O2. The van der Waals surface area contributed by atoms with Gasteiger partial charge in [-0.1, -0.05) is 19.9 Å². The fourth-order valence-corrected chi connectivity index (χ4v) is 7.15. The molecule has 8 nitrogen and oxygen atoms in total. The van der Waals surface area contributed by atoms with Crippen molar-refractivity contribution in [3.8, 4) is 23.0 Å². The van der Waals surface area contributed by atoms with Crippen LogP contribution >= 0.6 is 0 Å². The molecule has 0 unspecified atom stereocenters. The lowest BCUT2D eigenvalue weighted by Crippen LogP contribution is -2.47. The average molecular weight is 617 g/mol. The molecule has 7 rings (SSSR count). The molecule has 2 aromatic carbocycles. The molecule has 2 aromatic heterocycles. The maximum absolute atomic E-state index is 16.8. The van der Waals surface area contributed by atoms with Crippen LogP contribution in [0, 0.1) is 23.0 Å². The van der Waals surface area contributed by atoms with E-state index in [1.54, 1.807) is 18.3 Å². The predicted octanol–water partition coefficient (Wildman–Crippen LogP) is 6.03. The Kier molecular flexibility index (Phi) is 7.98. The Bertz CT molecular complexity index is 1740. The maximum Gasteiger partial charge on any atom is 0.319 e. The van der Waals surface area contributed by atoms with E-state index in [0.717, 1.165) is 71.5 Å². The normalized spacial score (nSPS) is 20.6. The second kappa shape index (κ2) is 11.9. The van der Waals surface area contributed by atoms with Crippen LogP contribution < -0.4 is 9.64 Å². The van der Waals surface area contributed by atoms with Crippen LogP contribution in [0.2, 0.25) is 0 Å². The quantitative estimate of drug-likeness (QED) is 0.257. The van der Waals surface area contributed by atoms with Gasteiger partial charge < -0.3 is 24.5 Å². The van der Waals surface area contributed by atoms with E-state index < -0.39 is 5.82 Å². The highest BCUT2D eigenvalue weighted by atomic mass is 19.1. The van der Waals surface area contributed by atoms with Crippen molar-refractivity contribution in [2.45, 2.75) is 46.0 Å². The summed E-state index contributed by atoms with van der Waals surface area (Å²) in [6, 6.07) is 6.17. The number of hydrogen-bond donors (Lipinski definition) is 1. The molecule has 0 amide bonds. The SMILES string of the molecule is CCc1c(F)ccc2cc(O)cc(-c3ncc4c(N5CCC[C@H](C)C5)nc(OCC5(CN6CCN(C)CC6)CC5)nc4c3F)c12. The van der Waals surface area contributed by atoms with Gasteiger partial charge in [-0.15, -0.1) is 0 Å². The zero-order chi connectivity index (χ0) is 31.3. The van der Waals surface area contributed by atoms with E-state index >= 15 is 4.39 Å². The van der Waals surface area contributed by atoms with Crippen LogP contribution in [0.5, 0.6) is 11.8 Å². The highest BCUT2D eigenvalue weighted by Crippen LogP contribution is 2.47. The highest BCUT2D eigenvalue weighted by Gasteiger charge is 2.45. The predicted molar refractivity (Wildman–Crippen MR) is 173 cm³/mol. The topological polar surface area (TPSA) is 77.9 Å². The first kappa shape index (κ1) is 30.0. The number of rotatable bonds is 8. The van der Waals surface area contributed by atoms with Gasteiger partial charge in [0.25, 0.3) is 0 Å². The number of nitrogens with zero attached hydrogens (tertiary/aromatic N) is 6. The zero-order valence-electron chi connectivity index (χ0n) is 26.5. The lowest BCUT2D eigenvalue weighted by molar-refractivity contribution is 0.107. The number of aromatic nitrogens is 3. The number of likely N-dealkylation sites (N-methyl/N-ethyl adjacent to an activating group) is 1. The van der Waals surface area contributed by atoms with Gasteiger partial charge in [-0.2, -0.15) is 9.97 Å². The van der Waals surface area contributed by atoms with Crippen molar-refractivity contribution in [3.05, 3.63) is 47.7 Å². The molecule has 3 fully saturated rings. The molecule has 0 bridgehead atoms. The summed E-state index contributed by atoms with van der Waals surface area (Å²) in [5.74, 6) is 0.0531. The summed E-state index contributed by atoms with van der Waals surface area (Å²) in [4.78, 5) is 21.2. The number of halogens is 2. The van der Waals surface area contributed by atoms with Gasteiger partial charge in [0.2, 0.25) is 0 Å². The van der Waals surface area contributed by atoms with Crippen LogP contribution in [-0.4, -0.2) is 89.3 Å². The molecule has 4 aromatic rings. The number of phenolic OH excluding ortho intramolecular Hbond substituents is 1. The van der Waals surface area contributed by atoms with Gasteiger partial charge in [-0.25, -0.2) is 8.78 Å². The maximum atomic E-state index is 16.8. The number of aromatic hydroxyl groups is 1. The largest absolute Gasteiger partial charge is 0.508 e. The number of aryl methyl sites for hydroxylation is 1. The highest BCUT2D eigenvalue weighted by molar-refractivity contribution is 6.01. The minimum absolute atomic E-state index is 0.0139. The third kappa shape index (κ3) is 5.90. The molecule has 0 spiro atoms. The zero-order valence-corrected chi connectivity index (χ0v) is 26.5. The molecule has 45 heavy (non-hydrogen) atoms. The Morgan fingerprint density at radius 3 is 2.60 bits per heavy atom. The van der Waals surface area contributed by atoms with E-state index in [0.29, 0.717) is 52.0 Å². The number of piperazine rings is 1. The van der Waals surface area contributed by atoms with Crippen molar-refractivity contribution < 1.29 is 18.6 Å². The number of ether oxygens (including phenoxy) is 1. The van der Waals surface area contributed by atoms with Crippen molar-refractivity contribution in [1.29, 1.82) is 0 Å². The monoisotopic (exact) mass is 616 g/mol. The molecule has 1 saturated carbocycles. The molecule has 3 aliphatic rings. The molecule has 238 valence electrons. The van der Waals surface area contributed by atoms with Gasteiger partial charge >= 0.3 is 6.01 Å². The second-order valence-electron chi connectivity index (χ2n) is 13.5. The molecule has 1 atom stereocenters. The summed E-state index contributed by atoms with van der Waals surface area (Å²) < 4.78 is 38.1. The number of pyridine rings is 1. The minimum atomic E-state index is -0.636. The van der Waals surface area contributed by atoms with Crippen molar-refractivity contribution in [2.75, 3.05) is 64.4 Å². The molecule has 0 radical (unpaired) electrons. The van der Waals surface area contributed by atoms with E-state index in [2.05, 4.69) is 38.6 Å². The summed E-state index contributed by atoms with van der Waals surface area (Å²) >= 11 is 0. The van der Waals surface area contributed by atoms with E-state index in [1.165, 1.54) is 12.1 Å². The Hall–Kier alpha value is -3.63. The van der Waals surface area contributed by atoms with Crippen LogP contribution in [0.1, 0.15) is 45.1 Å². The molecular weight excluding hydrogens is 574 g/mol. The molecule has 4 heterocycles. The standard InChI is InChI=1S/C35H42F2N6O2/c1-4-25-28(36)8-7-23-16-24(44)17-26(29(23)25)31-30(37)32-27(18-38-31)33(43-11-5-6-22(2)19-43)40-34(39-32)45-21-35(9-10-35)20-42-14-12-41(3)13-15-42/h7-8,16-18,22,44H,4-6,9-15,19-21H2,1-3H3/t22-/m0/s1. The van der Waals surface area contributed by atoms with Gasteiger partial charge in [0.05, 0.1) is 12.0 Å². The fraction of sp³-hybridized carbons (Fsp3) is 0.514. The summed E-state index contributed by atoms with van der Waals surface area (Å²) in [5, 5.41) is 12.2. The first-order valence-corrected chi connectivity index (χ1v) is 16.3. The van der Waals surface area contributed by atoms with Crippen molar-refractivity contribution >= 4 is 27.5 Å². The smallest absolute Gasteiger partial charge is 0.319 e. The average Bonchev–Trinajstić information content (AvgIpc) is 3.80. The number of anilines is 1. The summed E-state index contributed by atoms with van der Waals surface area (Å²) in [6.07, 6.45) is 6.35. The van der Waals surface area contributed by atoms with Crippen LogP contribution in [-0.2, 0) is 6.42 Å². The number of fused-ring (bicyclic) bond motifs is 2. The molecule has 1 N–H and O–H groups in total. The molecule has 2 aliphatic heterocycles. The number of benzene rings is 2. The van der Waals surface area contributed by atoms with Gasteiger partial charge in [0.15, 0.2) is 5.82 Å². The number of phenols is 1. The minimum Gasteiger partial charge on any atom is -0.508 e. The summed E-state index contributed by atoms with van der Waals surface area (Å²) in [6.45, 7) is 11.4. The summed E-state index contributed by atoms with van der Waals surface area (Å²) in [7, 11) is 2.16. The lowest BCUT2D eigenvalue weighted by atomic mass is 9.94. The van der Waals surface area contributed by atoms with Gasteiger partial charge in [-0.3, -0.25) is 4.98 Å². The van der Waals surface area contributed by atoms with E-state index in [1.807, 2.05) is 6.92 Å². The van der Waals surface area contributed by atoms with Gasteiger partial charge in [0.1, 0.15) is 28.6 Å². The Balaban J connectivity index is 1.29. The van der Waals surface area contributed by atoms with Gasteiger partial charge in [0, 0.05) is 63.0 Å². The van der Waals surface area contributed by atoms with E-state index in [9.17, 15) is 9.50 Å². The lowest BCUT2D eigenvalue weighted by Gasteiger charge is -2.34. The van der Waals surface area contributed by atoms with Gasteiger partial charge in [-0.05, 0) is 79.6 Å². The first-order chi connectivity index (χ1) is 21.7. The van der Waals surface area contributed by atoms with E-state index in [4.69, 9.17) is 9.72 Å². The molecule has 10 heteroatoms. The van der Waals surface area contributed by atoms with Crippen molar-refractivity contribution in [2.24, 2.45) is 11.3 Å². The fourth-order valence-electron chi connectivity index (χ4n) is 7.15. The van der Waals surface area contributed by atoms with Crippen molar-refractivity contribution in [3.63, 3.8) is 0 Å². The first-order valence-electron chi connectivity index (χ1n) is 16.3. The summed E-state index contributed by atoms with van der Waals surface area (Å²) in [5.41, 5.74) is 0.984. The number of piperidine rings is 1. The molecule has 1 aliphatic carbocycles. The number of hydrogen-bond acceptors (Lipinski definition) is 8. The Morgan fingerprint density at radius 2 is 1.87 bits per heavy atom. The van der Waals surface area contributed by atoms with Crippen molar-refractivity contribution in [1.82, 2.24) is 24.8 Å². The van der Waals surface area contributed by atoms with Crippen LogP contribution in [0.15, 0.2) is 30.5 Å².